The van der Waals surface area contributed by atoms with E-state index in [-0.39, 0.29) is 11.7 Å². The number of carbonyl (C=O) groups excluding carboxylic acids is 1. The maximum atomic E-state index is 13.7. The largest absolute Gasteiger partial charge is 0.354 e. The van der Waals surface area contributed by atoms with Crippen LogP contribution < -0.4 is 10.6 Å². The number of fused-ring (bicyclic) bond motifs is 3. The van der Waals surface area contributed by atoms with Crippen LogP contribution >= 0.6 is 15.9 Å². The lowest BCUT2D eigenvalue weighted by molar-refractivity contribution is -0.121. The number of aromatic nitrogens is 4. The molecule has 0 saturated carbocycles. The average molecular weight is 469 g/mol. The number of halogens is 2. The average Bonchev–Trinajstić information content (AvgIpc) is 3.09. The van der Waals surface area contributed by atoms with Crippen LogP contribution in [0.2, 0.25) is 0 Å². The van der Waals surface area contributed by atoms with Gasteiger partial charge in [-0.3, -0.25) is 4.79 Å². The van der Waals surface area contributed by atoms with Gasteiger partial charge >= 0.3 is 0 Å². The van der Waals surface area contributed by atoms with Gasteiger partial charge in [0.1, 0.15) is 11.9 Å². The summed E-state index contributed by atoms with van der Waals surface area (Å²) >= 11 is 3.55. The molecule has 5 rings (SSSR count). The van der Waals surface area contributed by atoms with Crippen molar-refractivity contribution in [1.82, 2.24) is 24.9 Å². The Morgan fingerprint density at radius 2 is 2.03 bits per heavy atom. The van der Waals surface area contributed by atoms with Crippen LogP contribution in [0, 0.1) is 5.82 Å². The molecule has 30 heavy (non-hydrogen) atoms. The minimum atomic E-state index is -0.412. The SMILES string of the molecule is O=C1NCCCC[C@H]1Nc1nc2c(Br)cccc2c2nc(-c3cccc(F)c3)nn12. The van der Waals surface area contributed by atoms with E-state index in [1.807, 2.05) is 18.2 Å². The first-order valence-corrected chi connectivity index (χ1v) is 10.5. The van der Waals surface area contributed by atoms with Crippen LogP contribution in [0.15, 0.2) is 46.9 Å². The van der Waals surface area contributed by atoms with Crippen LogP contribution in [0.25, 0.3) is 27.9 Å². The van der Waals surface area contributed by atoms with Gasteiger partial charge in [-0.15, -0.1) is 5.10 Å². The standard InChI is InChI=1S/C21H18BrFN6O/c22-15-8-4-7-14-17(15)26-21(25-16-9-1-2-10-24-20(16)30)29-19(14)27-18(28-29)12-5-3-6-13(23)11-12/h3-8,11,16H,1-2,9-10H2,(H,24,30)(H,25,26)/t16-/m1/s1. The zero-order valence-electron chi connectivity index (χ0n) is 15.9. The van der Waals surface area contributed by atoms with E-state index in [4.69, 9.17) is 4.98 Å². The molecule has 2 aromatic carbocycles. The molecule has 1 saturated heterocycles. The van der Waals surface area contributed by atoms with Crippen LogP contribution in [0.3, 0.4) is 0 Å². The smallest absolute Gasteiger partial charge is 0.242 e. The Morgan fingerprint density at radius 1 is 1.17 bits per heavy atom. The summed E-state index contributed by atoms with van der Waals surface area (Å²) in [5.74, 6) is 0.393. The number of para-hydroxylation sites is 1. The second-order valence-electron chi connectivity index (χ2n) is 7.24. The Bertz CT molecular complexity index is 1270. The molecule has 0 unspecified atom stereocenters. The fraction of sp³-hybridized carbons (Fsp3) is 0.238. The topological polar surface area (TPSA) is 84.2 Å². The van der Waals surface area contributed by atoms with Crippen LogP contribution in [0.1, 0.15) is 19.3 Å². The third kappa shape index (κ3) is 3.39. The quantitative estimate of drug-likeness (QED) is 0.475. The fourth-order valence-electron chi connectivity index (χ4n) is 3.67. The number of carbonyl (C=O) groups is 1. The third-order valence-corrected chi connectivity index (χ3v) is 5.81. The van der Waals surface area contributed by atoms with E-state index >= 15 is 0 Å². The predicted molar refractivity (Wildman–Crippen MR) is 116 cm³/mol. The molecule has 9 heteroatoms. The Hall–Kier alpha value is -3.07. The van der Waals surface area contributed by atoms with Crippen molar-refractivity contribution in [2.45, 2.75) is 25.3 Å². The number of amides is 1. The van der Waals surface area contributed by atoms with E-state index in [1.54, 1.807) is 16.6 Å². The number of benzene rings is 2. The molecule has 2 aromatic heterocycles. The Morgan fingerprint density at radius 3 is 2.90 bits per heavy atom. The molecule has 1 atom stereocenters. The second kappa shape index (κ2) is 7.64. The van der Waals surface area contributed by atoms with E-state index < -0.39 is 6.04 Å². The molecule has 1 aliphatic rings. The summed E-state index contributed by atoms with van der Waals surface area (Å²) in [6.07, 6.45) is 2.58. The summed E-state index contributed by atoms with van der Waals surface area (Å²) in [6.45, 7) is 0.677. The zero-order chi connectivity index (χ0) is 20.7. The predicted octanol–water partition coefficient (Wildman–Crippen LogP) is 3.93. The molecular weight excluding hydrogens is 451 g/mol. The number of hydrogen-bond acceptors (Lipinski definition) is 5. The van der Waals surface area contributed by atoms with Crippen molar-refractivity contribution in [3.05, 3.63) is 52.8 Å². The van der Waals surface area contributed by atoms with Crippen molar-refractivity contribution in [2.75, 3.05) is 11.9 Å². The van der Waals surface area contributed by atoms with E-state index in [2.05, 4.69) is 36.6 Å². The molecule has 1 amide bonds. The molecule has 0 bridgehead atoms. The summed E-state index contributed by atoms with van der Waals surface area (Å²) in [4.78, 5) is 21.9. The molecule has 3 heterocycles. The summed E-state index contributed by atoms with van der Waals surface area (Å²) in [6, 6.07) is 11.5. The lowest BCUT2D eigenvalue weighted by Crippen LogP contribution is -2.38. The van der Waals surface area contributed by atoms with Crippen LogP contribution in [-0.4, -0.2) is 38.1 Å². The Balaban J connectivity index is 1.69. The highest BCUT2D eigenvalue weighted by atomic mass is 79.9. The van der Waals surface area contributed by atoms with Crippen molar-refractivity contribution in [1.29, 1.82) is 0 Å². The van der Waals surface area contributed by atoms with Crippen molar-refractivity contribution >= 4 is 44.3 Å². The summed E-state index contributed by atoms with van der Waals surface area (Å²) in [7, 11) is 0. The monoisotopic (exact) mass is 468 g/mol. The van der Waals surface area contributed by atoms with E-state index in [1.165, 1.54) is 12.1 Å². The van der Waals surface area contributed by atoms with Gasteiger partial charge < -0.3 is 10.6 Å². The van der Waals surface area contributed by atoms with Crippen molar-refractivity contribution in [3.63, 3.8) is 0 Å². The van der Waals surface area contributed by atoms with Gasteiger partial charge in [0.25, 0.3) is 0 Å². The fourth-order valence-corrected chi connectivity index (χ4v) is 4.13. The minimum Gasteiger partial charge on any atom is -0.354 e. The Kier molecular flexibility index (Phi) is 4.82. The lowest BCUT2D eigenvalue weighted by Gasteiger charge is -2.17. The van der Waals surface area contributed by atoms with Gasteiger partial charge in [0, 0.05) is 22.0 Å². The van der Waals surface area contributed by atoms with E-state index in [0.29, 0.717) is 41.5 Å². The number of hydrogen-bond donors (Lipinski definition) is 2. The zero-order valence-corrected chi connectivity index (χ0v) is 17.5. The molecule has 1 aliphatic heterocycles. The highest BCUT2D eigenvalue weighted by Gasteiger charge is 2.24. The van der Waals surface area contributed by atoms with Crippen LogP contribution in [0.4, 0.5) is 10.3 Å². The normalized spacial score (nSPS) is 17.1. The minimum absolute atomic E-state index is 0.0554. The van der Waals surface area contributed by atoms with Crippen LogP contribution in [-0.2, 0) is 4.79 Å². The number of nitrogens with zero attached hydrogens (tertiary/aromatic N) is 4. The number of rotatable bonds is 3. The first kappa shape index (κ1) is 18.9. The van der Waals surface area contributed by atoms with E-state index in [9.17, 15) is 9.18 Å². The van der Waals surface area contributed by atoms with Crippen molar-refractivity contribution in [2.24, 2.45) is 0 Å². The molecule has 1 fully saturated rings. The highest BCUT2D eigenvalue weighted by molar-refractivity contribution is 9.10. The van der Waals surface area contributed by atoms with Crippen molar-refractivity contribution in [3.8, 4) is 11.4 Å². The summed E-state index contributed by atoms with van der Waals surface area (Å²) in [5, 5.41) is 11.6. The van der Waals surface area contributed by atoms with Gasteiger partial charge in [-0.05, 0) is 59.5 Å². The van der Waals surface area contributed by atoms with Gasteiger partial charge in [0.15, 0.2) is 11.5 Å². The lowest BCUT2D eigenvalue weighted by atomic mass is 10.1. The maximum absolute atomic E-state index is 13.7. The molecule has 0 aliphatic carbocycles. The highest BCUT2D eigenvalue weighted by Crippen LogP contribution is 2.29. The van der Waals surface area contributed by atoms with Gasteiger partial charge in [0.2, 0.25) is 11.9 Å². The maximum Gasteiger partial charge on any atom is 0.242 e. The molecule has 0 spiro atoms. The van der Waals surface area contributed by atoms with Crippen LogP contribution in [0.5, 0.6) is 0 Å². The number of nitrogens with one attached hydrogen (secondary N) is 2. The summed E-state index contributed by atoms with van der Waals surface area (Å²) in [5.41, 5.74) is 1.86. The third-order valence-electron chi connectivity index (χ3n) is 5.17. The van der Waals surface area contributed by atoms with Crippen molar-refractivity contribution < 1.29 is 9.18 Å². The molecule has 2 N–H and O–H groups in total. The molecule has 7 nitrogen and oxygen atoms in total. The van der Waals surface area contributed by atoms with Gasteiger partial charge in [0.05, 0.1) is 5.52 Å². The van der Waals surface area contributed by atoms with Gasteiger partial charge in [-0.1, -0.05) is 18.2 Å². The Labute approximate surface area is 179 Å². The molecule has 4 aromatic rings. The number of anilines is 1. The molecule has 0 radical (unpaired) electrons. The molecular formula is C21H18BrFN6O. The summed E-state index contributed by atoms with van der Waals surface area (Å²) < 4.78 is 16.1. The van der Waals surface area contributed by atoms with Gasteiger partial charge in [-0.25, -0.2) is 14.4 Å². The van der Waals surface area contributed by atoms with Gasteiger partial charge in [-0.2, -0.15) is 4.52 Å². The first-order chi connectivity index (χ1) is 14.6. The second-order valence-corrected chi connectivity index (χ2v) is 8.09. The molecule has 152 valence electrons. The first-order valence-electron chi connectivity index (χ1n) is 9.75. The van der Waals surface area contributed by atoms with E-state index in [0.717, 1.165) is 22.7 Å².